The number of piperidine rings is 1. The van der Waals surface area contributed by atoms with E-state index in [1.807, 2.05) is 0 Å². The number of rotatable bonds is 5. The lowest BCUT2D eigenvalue weighted by molar-refractivity contribution is -0.153. The van der Waals surface area contributed by atoms with Crippen LogP contribution in [0.4, 0.5) is 13.2 Å². The van der Waals surface area contributed by atoms with Crippen molar-refractivity contribution in [3.05, 3.63) is 29.8 Å². The molecule has 1 aromatic carbocycles. The first-order valence-corrected chi connectivity index (χ1v) is 7.99. The fourth-order valence-electron chi connectivity index (χ4n) is 2.79. The summed E-state index contributed by atoms with van der Waals surface area (Å²) in [6.07, 6.45) is -2.85. The lowest BCUT2D eigenvalue weighted by atomic mass is 9.93. The van der Waals surface area contributed by atoms with Gasteiger partial charge in [0.15, 0.2) is 6.61 Å². The molecule has 24 heavy (non-hydrogen) atoms. The van der Waals surface area contributed by atoms with Gasteiger partial charge >= 0.3 is 6.18 Å². The molecule has 4 nitrogen and oxygen atoms in total. The molecule has 0 aliphatic carbocycles. The van der Waals surface area contributed by atoms with E-state index in [0.29, 0.717) is 13.1 Å². The van der Waals surface area contributed by atoms with Crippen LogP contribution in [0.15, 0.2) is 24.3 Å². The lowest BCUT2D eigenvalue weighted by Crippen LogP contribution is -2.43. The number of amides is 1. The van der Waals surface area contributed by atoms with Crippen molar-refractivity contribution in [2.45, 2.75) is 38.5 Å². The highest BCUT2D eigenvalue weighted by Crippen LogP contribution is 2.22. The van der Waals surface area contributed by atoms with E-state index in [-0.39, 0.29) is 24.0 Å². The first-order chi connectivity index (χ1) is 11.2. The van der Waals surface area contributed by atoms with E-state index in [1.54, 1.807) is 24.0 Å². The Bertz CT molecular complexity index is 543. The molecule has 0 aromatic heterocycles. The number of carbonyl (C=O) groups excluding carboxylic acids is 1. The molecule has 0 bridgehead atoms. The predicted molar refractivity (Wildman–Crippen MR) is 82.7 cm³/mol. The summed E-state index contributed by atoms with van der Waals surface area (Å²) in [7, 11) is 0. The lowest BCUT2D eigenvalue weighted by Gasteiger charge is -2.34. The molecular formula is C17H22F3NO3. The van der Waals surface area contributed by atoms with Crippen molar-refractivity contribution in [2.75, 3.05) is 19.7 Å². The van der Waals surface area contributed by atoms with E-state index in [1.165, 1.54) is 12.1 Å². The number of likely N-dealkylation sites (tertiary alicyclic amines) is 1. The zero-order chi connectivity index (χ0) is 17.7. The number of hydrogen-bond donors (Lipinski definition) is 1. The van der Waals surface area contributed by atoms with Crippen molar-refractivity contribution in [3.8, 4) is 5.75 Å². The fourth-order valence-corrected chi connectivity index (χ4v) is 2.79. The summed E-state index contributed by atoms with van der Waals surface area (Å²) in [6, 6.07) is 6.06. The predicted octanol–water partition coefficient (Wildman–Crippen LogP) is 2.79. The molecule has 1 aliphatic heterocycles. The Morgan fingerprint density at radius 3 is 2.62 bits per heavy atom. The number of alkyl halides is 3. The second-order valence-corrected chi connectivity index (χ2v) is 6.21. The average Bonchev–Trinajstić information content (AvgIpc) is 2.53. The van der Waals surface area contributed by atoms with Crippen molar-refractivity contribution in [2.24, 2.45) is 5.92 Å². The molecule has 1 heterocycles. The van der Waals surface area contributed by atoms with E-state index in [9.17, 15) is 23.1 Å². The molecule has 0 radical (unpaired) electrons. The summed E-state index contributed by atoms with van der Waals surface area (Å²) >= 11 is 0. The topological polar surface area (TPSA) is 49.8 Å². The summed E-state index contributed by atoms with van der Waals surface area (Å²) in [4.78, 5) is 14.1. The van der Waals surface area contributed by atoms with Crippen molar-refractivity contribution >= 4 is 5.91 Å². The number of aliphatic hydroxyl groups excluding tert-OH is 1. The van der Waals surface area contributed by atoms with E-state index in [2.05, 4.69) is 4.74 Å². The smallest absolute Gasteiger partial charge is 0.422 e. The van der Waals surface area contributed by atoms with Gasteiger partial charge in [-0.15, -0.1) is 0 Å². The average molecular weight is 345 g/mol. The molecule has 1 saturated heterocycles. The van der Waals surface area contributed by atoms with Crippen LogP contribution in [0.3, 0.4) is 0 Å². The Hall–Kier alpha value is -1.76. The van der Waals surface area contributed by atoms with Gasteiger partial charge in [0.25, 0.3) is 0 Å². The van der Waals surface area contributed by atoms with Crippen LogP contribution >= 0.6 is 0 Å². The number of carbonyl (C=O) groups is 1. The Morgan fingerprint density at radius 2 is 2.04 bits per heavy atom. The van der Waals surface area contributed by atoms with E-state index in [0.717, 1.165) is 18.4 Å². The molecule has 0 saturated carbocycles. The number of benzene rings is 1. The molecule has 134 valence electrons. The standard InChI is InChI=1S/C17H22F3NO3/c1-12(22)14-3-2-8-21(10-14)16(23)9-13-4-6-15(7-5-13)24-11-17(18,19)20/h4-7,12,14,22H,2-3,8-11H2,1H3. The molecule has 2 rings (SSSR count). The Labute approximate surface area is 139 Å². The molecule has 1 amide bonds. The van der Waals surface area contributed by atoms with E-state index >= 15 is 0 Å². The third-order valence-corrected chi connectivity index (χ3v) is 4.17. The van der Waals surface area contributed by atoms with Crippen molar-refractivity contribution < 1.29 is 27.8 Å². The molecule has 1 aromatic rings. The van der Waals surface area contributed by atoms with Gasteiger partial charge in [-0.05, 0) is 37.5 Å². The first kappa shape index (κ1) is 18.6. The van der Waals surface area contributed by atoms with Gasteiger partial charge in [0.1, 0.15) is 5.75 Å². The van der Waals surface area contributed by atoms with Gasteiger partial charge in [0.2, 0.25) is 5.91 Å². The number of nitrogens with zero attached hydrogens (tertiary/aromatic N) is 1. The summed E-state index contributed by atoms with van der Waals surface area (Å²) in [5.41, 5.74) is 0.721. The van der Waals surface area contributed by atoms with Gasteiger partial charge in [-0.1, -0.05) is 12.1 Å². The minimum absolute atomic E-state index is 0.0377. The number of halogens is 3. The van der Waals surface area contributed by atoms with Crippen molar-refractivity contribution in [1.29, 1.82) is 0 Å². The zero-order valence-corrected chi connectivity index (χ0v) is 13.6. The Morgan fingerprint density at radius 1 is 1.38 bits per heavy atom. The van der Waals surface area contributed by atoms with Crippen LogP contribution in [0, 0.1) is 5.92 Å². The summed E-state index contributed by atoms with van der Waals surface area (Å²) < 4.78 is 40.9. The normalized spacial score (nSPS) is 19.9. The Balaban J connectivity index is 1.87. The minimum atomic E-state index is -4.37. The van der Waals surface area contributed by atoms with Gasteiger partial charge < -0.3 is 14.7 Å². The van der Waals surface area contributed by atoms with Gasteiger partial charge in [-0.3, -0.25) is 4.79 Å². The number of aliphatic hydroxyl groups is 1. The van der Waals surface area contributed by atoms with Gasteiger partial charge in [0.05, 0.1) is 12.5 Å². The van der Waals surface area contributed by atoms with Gasteiger partial charge in [-0.2, -0.15) is 13.2 Å². The monoisotopic (exact) mass is 345 g/mol. The quantitative estimate of drug-likeness (QED) is 0.893. The summed E-state index contributed by atoms with van der Waals surface area (Å²) in [5.74, 6) is 0.181. The molecule has 1 fully saturated rings. The van der Waals surface area contributed by atoms with Crippen LogP contribution in [0.5, 0.6) is 5.75 Å². The molecule has 7 heteroatoms. The maximum atomic E-state index is 12.3. The van der Waals surface area contributed by atoms with Crippen LogP contribution in [0.25, 0.3) is 0 Å². The highest BCUT2D eigenvalue weighted by molar-refractivity contribution is 5.78. The molecule has 2 unspecified atom stereocenters. The highest BCUT2D eigenvalue weighted by atomic mass is 19.4. The van der Waals surface area contributed by atoms with Crippen molar-refractivity contribution in [1.82, 2.24) is 4.90 Å². The third-order valence-electron chi connectivity index (χ3n) is 4.17. The second-order valence-electron chi connectivity index (χ2n) is 6.21. The molecule has 1 N–H and O–H groups in total. The van der Waals surface area contributed by atoms with Crippen LogP contribution < -0.4 is 4.74 Å². The van der Waals surface area contributed by atoms with Crippen molar-refractivity contribution in [3.63, 3.8) is 0 Å². The highest BCUT2D eigenvalue weighted by Gasteiger charge is 2.28. The molecule has 2 atom stereocenters. The third kappa shape index (κ3) is 5.70. The second kappa shape index (κ2) is 7.88. The van der Waals surface area contributed by atoms with Gasteiger partial charge in [0, 0.05) is 19.0 Å². The zero-order valence-electron chi connectivity index (χ0n) is 13.6. The largest absolute Gasteiger partial charge is 0.484 e. The van der Waals surface area contributed by atoms with Crippen LogP contribution in [0.2, 0.25) is 0 Å². The van der Waals surface area contributed by atoms with Crippen LogP contribution in [0.1, 0.15) is 25.3 Å². The van der Waals surface area contributed by atoms with Crippen LogP contribution in [-0.2, 0) is 11.2 Å². The van der Waals surface area contributed by atoms with Gasteiger partial charge in [-0.25, -0.2) is 0 Å². The molecule has 0 spiro atoms. The molecular weight excluding hydrogens is 323 g/mol. The number of ether oxygens (including phenoxy) is 1. The first-order valence-electron chi connectivity index (χ1n) is 7.99. The minimum Gasteiger partial charge on any atom is -0.484 e. The SMILES string of the molecule is CC(O)C1CCCN(C(=O)Cc2ccc(OCC(F)(F)F)cc2)C1. The summed E-state index contributed by atoms with van der Waals surface area (Å²) in [5, 5.41) is 9.67. The Kier molecular flexibility index (Phi) is 6.10. The summed E-state index contributed by atoms with van der Waals surface area (Å²) in [6.45, 7) is 1.62. The van der Waals surface area contributed by atoms with E-state index in [4.69, 9.17) is 0 Å². The van der Waals surface area contributed by atoms with E-state index < -0.39 is 18.9 Å². The fraction of sp³-hybridized carbons (Fsp3) is 0.588. The maximum absolute atomic E-state index is 12.3. The van der Waals surface area contributed by atoms with Crippen LogP contribution in [-0.4, -0.2) is 47.9 Å². The molecule has 1 aliphatic rings. The maximum Gasteiger partial charge on any atom is 0.422 e. The number of hydrogen-bond acceptors (Lipinski definition) is 3.